The molecule has 0 aromatic heterocycles. The maximum Gasteiger partial charge on any atom is 0.326 e. The number of unbranched alkanes of at least 4 members (excludes halogenated alkanes) is 1. The smallest absolute Gasteiger partial charge is 0.326 e. The van der Waals surface area contributed by atoms with Crippen molar-refractivity contribution in [1.82, 2.24) is 16.0 Å². The Labute approximate surface area is 221 Å². The van der Waals surface area contributed by atoms with Gasteiger partial charge in [-0.15, -0.1) is 0 Å². The molecule has 1 aromatic rings. The summed E-state index contributed by atoms with van der Waals surface area (Å²) in [6.45, 7) is 4.04. The number of benzene rings is 1. The Balaban J connectivity index is 3.14. The highest BCUT2D eigenvalue weighted by Gasteiger charge is 2.31. The molecule has 13 heteroatoms. The number of nitrogens with one attached hydrogen (secondary N) is 3. The molecule has 4 unspecified atom stereocenters. The number of carbonyl (C=O) groups excluding carboxylic acids is 4. The fourth-order valence-electron chi connectivity index (χ4n) is 3.66. The molecular formula is C25H40N6O7. The van der Waals surface area contributed by atoms with E-state index in [0.29, 0.717) is 24.9 Å². The lowest BCUT2D eigenvalue weighted by atomic mass is 10.00. The number of carboxylic acids is 1. The van der Waals surface area contributed by atoms with Gasteiger partial charge in [0.15, 0.2) is 0 Å². The molecular weight excluding hydrogens is 496 g/mol. The second-order valence-electron chi connectivity index (χ2n) is 9.58. The molecule has 4 atom stereocenters. The van der Waals surface area contributed by atoms with Crippen LogP contribution in [-0.4, -0.2) is 70.5 Å². The number of phenols is 1. The van der Waals surface area contributed by atoms with E-state index in [9.17, 15) is 34.2 Å². The van der Waals surface area contributed by atoms with Gasteiger partial charge in [-0.1, -0.05) is 26.0 Å². The minimum atomic E-state index is -1.25. The highest BCUT2D eigenvalue weighted by Crippen LogP contribution is 2.13. The lowest BCUT2D eigenvalue weighted by Gasteiger charge is -2.26. The van der Waals surface area contributed by atoms with E-state index < -0.39 is 60.2 Å². The van der Waals surface area contributed by atoms with Crippen molar-refractivity contribution in [1.29, 1.82) is 0 Å². The Morgan fingerprint density at radius 1 is 0.868 bits per heavy atom. The summed E-state index contributed by atoms with van der Waals surface area (Å²) in [5, 5.41) is 26.7. The van der Waals surface area contributed by atoms with Crippen molar-refractivity contribution in [2.75, 3.05) is 6.54 Å². The van der Waals surface area contributed by atoms with Crippen LogP contribution < -0.4 is 33.2 Å². The quantitative estimate of drug-likeness (QED) is 0.112. The molecule has 0 saturated heterocycles. The molecule has 0 bridgehead atoms. The zero-order chi connectivity index (χ0) is 28.8. The molecule has 11 N–H and O–H groups in total. The lowest BCUT2D eigenvalue weighted by molar-refractivity contribution is -0.142. The topological polar surface area (TPSA) is 240 Å². The molecule has 1 rings (SSSR count). The Morgan fingerprint density at radius 2 is 1.42 bits per heavy atom. The second kappa shape index (κ2) is 16.2. The maximum absolute atomic E-state index is 13.2. The molecule has 4 amide bonds. The number of phenolic OH excluding ortho intramolecular Hbond substituents is 1. The summed E-state index contributed by atoms with van der Waals surface area (Å²) in [6, 6.07) is 1.23. The summed E-state index contributed by atoms with van der Waals surface area (Å²) in [5.41, 5.74) is 16.9. The number of hydrogen-bond donors (Lipinski definition) is 8. The average molecular weight is 537 g/mol. The first kappa shape index (κ1) is 32.3. The van der Waals surface area contributed by atoms with E-state index in [1.54, 1.807) is 12.1 Å². The second-order valence-corrected chi connectivity index (χ2v) is 9.58. The standard InChI is InChI=1S/C25H40N6O7/c1-14(2)11-19(30-22(34)17(27)13-21(28)33)23(35)31-20(12-15-6-8-16(32)9-7-15)24(36)29-18(25(37)38)5-3-4-10-26/h6-9,14,17-20,32H,3-5,10-13,26-27H2,1-2H3,(H2,28,33)(H,29,36)(H,30,34)(H,31,35)(H,37,38). The van der Waals surface area contributed by atoms with Crippen molar-refractivity contribution in [2.45, 2.75) is 76.5 Å². The van der Waals surface area contributed by atoms with Gasteiger partial charge in [-0.3, -0.25) is 19.2 Å². The van der Waals surface area contributed by atoms with Gasteiger partial charge in [-0.2, -0.15) is 0 Å². The Morgan fingerprint density at radius 3 is 1.95 bits per heavy atom. The minimum Gasteiger partial charge on any atom is -0.508 e. The van der Waals surface area contributed by atoms with Crippen LogP contribution >= 0.6 is 0 Å². The third kappa shape index (κ3) is 12.0. The molecule has 0 radical (unpaired) electrons. The van der Waals surface area contributed by atoms with Gasteiger partial charge in [0, 0.05) is 6.42 Å². The van der Waals surface area contributed by atoms with Crippen LogP contribution in [0.5, 0.6) is 5.75 Å². The number of primary amides is 1. The number of hydrogen-bond acceptors (Lipinski definition) is 8. The number of carboxylic acid groups (broad SMARTS) is 1. The monoisotopic (exact) mass is 536 g/mol. The van der Waals surface area contributed by atoms with Gasteiger partial charge in [-0.05, 0) is 55.8 Å². The van der Waals surface area contributed by atoms with Crippen molar-refractivity contribution in [3.63, 3.8) is 0 Å². The van der Waals surface area contributed by atoms with Crippen LogP contribution in [0.2, 0.25) is 0 Å². The first-order chi connectivity index (χ1) is 17.8. The van der Waals surface area contributed by atoms with E-state index in [4.69, 9.17) is 17.2 Å². The number of amides is 4. The van der Waals surface area contributed by atoms with Crippen LogP contribution in [0.3, 0.4) is 0 Å². The number of aromatic hydroxyl groups is 1. The highest BCUT2D eigenvalue weighted by atomic mass is 16.4. The third-order valence-electron chi connectivity index (χ3n) is 5.67. The van der Waals surface area contributed by atoms with Crippen LogP contribution in [0.1, 0.15) is 51.5 Å². The van der Waals surface area contributed by atoms with Crippen LogP contribution in [0.4, 0.5) is 0 Å². The van der Waals surface area contributed by atoms with Crippen molar-refractivity contribution in [2.24, 2.45) is 23.1 Å². The van der Waals surface area contributed by atoms with E-state index in [1.807, 2.05) is 13.8 Å². The van der Waals surface area contributed by atoms with Crippen molar-refractivity contribution >= 4 is 29.6 Å². The van der Waals surface area contributed by atoms with Gasteiger partial charge in [0.1, 0.15) is 23.9 Å². The Bertz CT molecular complexity index is 954. The van der Waals surface area contributed by atoms with E-state index in [1.165, 1.54) is 12.1 Å². The van der Waals surface area contributed by atoms with Crippen molar-refractivity contribution in [3.05, 3.63) is 29.8 Å². The van der Waals surface area contributed by atoms with Crippen LogP contribution in [-0.2, 0) is 30.4 Å². The number of aliphatic carboxylic acids is 1. The first-order valence-corrected chi connectivity index (χ1v) is 12.5. The first-order valence-electron chi connectivity index (χ1n) is 12.5. The zero-order valence-electron chi connectivity index (χ0n) is 21.8. The van der Waals surface area contributed by atoms with Crippen LogP contribution in [0.25, 0.3) is 0 Å². The minimum absolute atomic E-state index is 0.0108. The molecule has 1 aromatic carbocycles. The normalized spacial score (nSPS) is 14.1. The fraction of sp³-hybridized carbons (Fsp3) is 0.560. The summed E-state index contributed by atoms with van der Waals surface area (Å²) >= 11 is 0. The zero-order valence-corrected chi connectivity index (χ0v) is 21.8. The van der Waals surface area contributed by atoms with Gasteiger partial charge >= 0.3 is 5.97 Å². The van der Waals surface area contributed by atoms with Gasteiger partial charge < -0.3 is 43.4 Å². The molecule has 0 saturated carbocycles. The molecule has 38 heavy (non-hydrogen) atoms. The maximum atomic E-state index is 13.2. The summed E-state index contributed by atoms with van der Waals surface area (Å²) in [4.78, 5) is 61.7. The predicted octanol–water partition coefficient (Wildman–Crippen LogP) is -1.15. The van der Waals surface area contributed by atoms with Crippen LogP contribution in [0.15, 0.2) is 24.3 Å². The van der Waals surface area contributed by atoms with Gasteiger partial charge in [0.2, 0.25) is 23.6 Å². The van der Waals surface area contributed by atoms with Gasteiger partial charge in [-0.25, -0.2) is 4.79 Å². The van der Waals surface area contributed by atoms with E-state index in [-0.39, 0.29) is 30.9 Å². The van der Waals surface area contributed by atoms with Crippen molar-refractivity contribution < 1.29 is 34.2 Å². The number of carbonyl (C=O) groups is 5. The van der Waals surface area contributed by atoms with Gasteiger partial charge in [0.25, 0.3) is 0 Å². The third-order valence-corrected chi connectivity index (χ3v) is 5.67. The lowest BCUT2D eigenvalue weighted by Crippen LogP contribution is -2.58. The molecule has 0 aliphatic rings. The number of nitrogens with two attached hydrogens (primary N) is 3. The SMILES string of the molecule is CC(C)CC(NC(=O)C(N)CC(N)=O)C(=O)NC(Cc1ccc(O)cc1)C(=O)NC(CCCCN)C(=O)O. The molecule has 13 nitrogen and oxygen atoms in total. The predicted molar refractivity (Wildman–Crippen MR) is 139 cm³/mol. The largest absolute Gasteiger partial charge is 0.508 e. The molecule has 0 aliphatic heterocycles. The van der Waals surface area contributed by atoms with Crippen molar-refractivity contribution in [3.8, 4) is 5.75 Å². The summed E-state index contributed by atoms with van der Waals surface area (Å²) < 4.78 is 0. The molecule has 0 aliphatic carbocycles. The molecule has 212 valence electrons. The Hall–Kier alpha value is -3.71. The molecule has 0 fully saturated rings. The summed E-state index contributed by atoms with van der Waals surface area (Å²) in [6.07, 6.45) is 0.997. The highest BCUT2D eigenvalue weighted by molar-refractivity contribution is 5.95. The van der Waals surface area contributed by atoms with Gasteiger partial charge in [0.05, 0.1) is 12.5 Å². The molecule has 0 spiro atoms. The number of rotatable bonds is 17. The fourth-order valence-corrected chi connectivity index (χ4v) is 3.66. The van der Waals surface area contributed by atoms with Crippen LogP contribution in [0, 0.1) is 5.92 Å². The Kier molecular flexibility index (Phi) is 13.8. The molecule has 0 heterocycles. The van der Waals surface area contributed by atoms with E-state index in [2.05, 4.69) is 16.0 Å². The summed E-state index contributed by atoms with van der Waals surface area (Å²) in [5.74, 6) is -4.20. The van der Waals surface area contributed by atoms with E-state index in [0.717, 1.165) is 0 Å². The van der Waals surface area contributed by atoms with E-state index >= 15 is 0 Å². The average Bonchev–Trinajstić information content (AvgIpc) is 2.82. The summed E-state index contributed by atoms with van der Waals surface area (Å²) in [7, 11) is 0.